The van der Waals surface area contributed by atoms with E-state index in [4.69, 9.17) is 16.3 Å². The van der Waals surface area contributed by atoms with Crippen molar-refractivity contribution in [1.29, 1.82) is 0 Å². The molecule has 150 valence electrons. The summed E-state index contributed by atoms with van der Waals surface area (Å²) in [5.74, 6) is -0.611. The first kappa shape index (κ1) is 19.4. The van der Waals surface area contributed by atoms with Gasteiger partial charge in [0.2, 0.25) is 0 Å². The Balaban J connectivity index is 1.51. The number of hydrogen-bond acceptors (Lipinski definition) is 4. The molecule has 0 spiro atoms. The van der Waals surface area contributed by atoms with Crippen molar-refractivity contribution in [1.82, 2.24) is 9.78 Å². The summed E-state index contributed by atoms with van der Waals surface area (Å²) in [6.45, 7) is 4.71. The van der Waals surface area contributed by atoms with Gasteiger partial charge in [-0.1, -0.05) is 11.6 Å². The van der Waals surface area contributed by atoms with Crippen molar-refractivity contribution in [3.05, 3.63) is 70.8 Å². The van der Waals surface area contributed by atoms with Gasteiger partial charge in [0.25, 0.3) is 5.91 Å². The monoisotopic (exact) mass is 414 g/mol. The number of nitrogens with zero attached hydrogens (tertiary/aromatic N) is 3. The number of amides is 1. The number of carbonyl (C=O) groups excluding carboxylic acids is 1. The van der Waals surface area contributed by atoms with Crippen molar-refractivity contribution in [3.63, 3.8) is 0 Å². The third-order valence-corrected chi connectivity index (χ3v) is 5.19. The topological polar surface area (TPSA) is 59.4 Å². The average molecular weight is 415 g/mol. The molecule has 0 unspecified atom stereocenters. The first-order valence-corrected chi connectivity index (χ1v) is 9.65. The van der Waals surface area contributed by atoms with Crippen LogP contribution in [0.3, 0.4) is 0 Å². The van der Waals surface area contributed by atoms with Gasteiger partial charge in [0.15, 0.2) is 0 Å². The van der Waals surface area contributed by atoms with Crippen molar-refractivity contribution in [2.75, 3.05) is 36.5 Å². The molecule has 0 bridgehead atoms. The minimum atomic E-state index is -0.325. The third-order valence-electron chi connectivity index (χ3n) is 4.88. The van der Waals surface area contributed by atoms with Crippen LogP contribution in [0, 0.1) is 12.7 Å². The molecule has 8 heteroatoms. The van der Waals surface area contributed by atoms with E-state index in [1.165, 1.54) is 18.3 Å². The van der Waals surface area contributed by atoms with Crippen LogP contribution in [0.2, 0.25) is 5.02 Å². The molecule has 29 heavy (non-hydrogen) atoms. The van der Waals surface area contributed by atoms with Gasteiger partial charge in [-0.25, -0.2) is 9.07 Å². The molecule has 1 saturated heterocycles. The molecule has 3 aromatic rings. The van der Waals surface area contributed by atoms with E-state index in [-0.39, 0.29) is 11.7 Å². The standard InChI is InChI=1S/C21H20ClFN4O2/c1-14-18(13-24-27(14)17-5-2-15(23)3-6-17)21(28)25-16-4-7-20(19(22)12-16)26-8-10-29-11-9-26/h2-7,12-13H,8-11H2,1H3,(H,25,28). The Bertz CT molecular complexity index is 1030. The van der Waals surface area contributed by atoms with Crippen molar-refractivity contribution in [2.24, 2.45) is 0 Å². The molecule has 2 aromatic carbocycles. The summed E-state index contributed by atoms with van der Waals surface area (Å²) >= 11 is 6.44. The Morgan fingerprint density at radius 3 is 2.59 bits per heavy atom. The summed E-state index contributed by atoms with van der Waals surface area (Å²) in [6.07, 6.45) is 1.50. The van der Waals surface area contributed by atoms with Gasteiger partial charge in [0.1, 0.15) is 5.82 Å². The number of nitrogens with one attached hydrogen (secondary N) is 1. The quantitative estimate of drug-likeness (QED) is 0.699. The molecule has 0 aliphatic carbocycles. The van der Waals surface area contributed by atoms with Gasteiger partial charge >= 0.3 is 0 Å². The van der Waals surface area contributed by atoms with Crippen molar-refractivity contribution >= 4 is 28.9 Å². The van der Waals surface area contributed by atoms with Crippen LogP contribution in [0.5, 0.6) is 0 Å². The van der Waals surface area contributed by atoms with E-state index < -0.39 is 0 Å². The molecular formula is C21H20ClFN4O2. The number of ether oxygens (including phenoxy) is 1. The molecule has 4 rings (SSSR count). The Morgan fingerprint density at radius 1 is 1.17 bits per heavy atom. The van der Waals surface area contributed by atoms with Crippen LogP contribution >= 0.6 is 11.6 Å². The average Bonchev–Trinajstić information content (AvgIpc) is 3.11. The van der Waals surface area contributed by atoms with Crippen LogP contribution in [0.15, 0.2) is 48.7 Å². The van der Waals surface area contributed by atoms with E-state index in [0.29, 0.717) is 40.9 Å². The molecular weight excluding hydrogens is 395 g/mol. The van der Waals surface area contributed by atoms with Crippen LogP contribution in [0.4, 0.5) is 15.8 Å². The van der Waals surface area contributed by atoms with E-state index in [1.807, 2.05) is 12.1 Å². The predicted molar refractivity (Wildman–Crippen MR) is 111 cm³/mol. The number of morpholine rings is 1. The highest BCUT2D eigenvalue weighted by Gasteiger charge is 2.18. The summed E-state index contributed by atoms with van der Waals surface area (Å²) in [7, 11) is 0. The lowest BCUT2D eigenvalue weighted by Crippen LogP contribution is -2.36. The van der Waals surface area contributed by atoms with Crippen LogP contribution in [0.1, 0.15) is 16.1 Å². The fraction of sp³-hybridized carbons (Fsp3) is 0.238. The van der Waals surface area contributed by atoms with Gasteiger partial charge in [-0.05, 0) is 49.4 Å². The highest BCUT2D eigenvalue weighted by atomic mass is 35.5. The fourth-order valence-corrected chi connectivity index (χ4v) is 3.62. The van der Waals surface area contributed by atoms with Gasteiger partial charge in [-0.15, -0.1) is 0 Å². The van der Waals surface area contributed by atoms with Gasteiger partial charge in [0.05, 0.1) is 47.1 Å². The fourth-order valence-electron chi connectivity index (χ4n) is 3.32. The summed E-state index contributed by atoms with van der Waals surface area (Å²) in [6, 6.07) is 11.4. The number of hydrogen-bond donors (Lipinski definition) is 1. The Hall–Kier alpha value is -2.90. The molecule has 1 aliphatic rings. The minimum absolute atomic E-state index is 0.286. The second-order valence-electron chi connectivity index (χ2n) is 6.75. The molecule has 1 fully saturated rings. The minimum Gasteiger partial charge on any atom is -0.378 e. The zero-order valence-corrected chi connectivity index (χ0v) is 16.6. The van der Waals surface area contributed by atoms with Crippen molar-refractivity contribution < 1.29 is 13.9 Å². The molecule has 6 nitrogen and oxygen atoms in total. The summed E-state index contributed by atoms with van der Waals surface area (Å²) in [5.41, 5.74) is 3.30. The lowest BCUT2D eigenvalue weighted by atomic mass is 10.2. The van der Waals surface area contributed by atoms with Crippen LogP contribution in [-0.4, -0.2) is 42.0 Å². The van der Waals surface area contributed by atoms with Crippen molar-refractivity contribution in [3.8, 4) is 5.69 Å². The lowest BCUT2D eigenvalue weighted by Gasteiger charge is -2.29. The number of benzene rings is 2. The molecule has 0 radical (unpaired) electrons. The molecule has 1 N–H and O–H groups in total. The molecule has 0 atom stereocenters. The summed E-state index contributed by atoms with van der Waals surface area (Å²) in [5, 5.41) is 7.70. The Kier molecular flexibility index (Phi) is 5.51. The Labute approximate surface area is 172 Å². The third kappa shape index (κ3) is 4.11. The van der Waals surface area contributed by atoms with E-state index in [0.717, 1.165) is 18.8 Å². The maximum absolute atomic E-state index is 13.1. The molecule has 1 amide bonds. The molecule has 1 aliphatic heterocycles. The van der Waals surface area contributed by atoms with E-state index in [9.17, 15) is 9.18 Å². The largest absolute Gasteiger partial charge is 0.378 e. The normalized spacial score (nSPS) is 14.1. The second-order valence-corrected chi connectivity index (χ2v) is 7.16. The van der Waals surface area contributed by atoms with Crippen LogP contribution in [-0.2, 0) is 4.74 Å². The molecule has 2 heterocycles. The summed E-state index contributed by atoms with van der Waals surface area (Å²) in [4.78, 5) is 14.9. The SMILES string of the molecule is Cc1c(C(=O)Nc2ccc(N3CCOCC3)c(Cl)c2)cnn1-c1ccc(F)cc1. The molecule has 0 saturated carbocycles. The first-order valence-electron chi connectivity index (χ1n) is 9.27. The van der Waals surface area contributed by atoms with Crippen LogP contribution < -0.4 is 10.2 Å². The van der Waals surface area contributed by atoms with E-state index >= 15 is 0 Å². The van der Waals surface area contributed by atoms with E-state index in [2.05, 4.69) is 15.3 Å². The van der Waals surface area contributed by atoms with Gasteiger partial charge < -0.3 is 15.0 Å². The predicted octanol–water partition coefficient (Wildman–Crippen LogP) is 4.06. The maximum Gasteiger partial charge on any atom is 0.259 e. The van der Waals surface area contributed by atoms with Gasteiger partial charge in [-0.2, -0.15) is 5.10 Å². The number of halogens is 2. The number of anilines is 2. The number of aromatic nitrogens is 2. The zero-order valence-electron chi connectivity index (χ0n) is 15.9. The smallest absolute Gasteiger partial charge is 0.259 e. The summed E-state index contributed by atoms with van der Waals surface area (Å²) < 4.78 is 20.1. The van der Waals surface area contributed by atoms with E-state index in [1.54, 1.807) is 29.8 Å². The van der Waals surface area contributed by atoms with Crippen molar-refractivity contribution in [2.45, 2.75) is 6.92 Å². The molecule has 1 aromatic heterocycles. The highest BCUT2D eigenvalue weighted by Crippen LogP contribution is 2.30. The maximum atomic E-state index is 13.1. The number of rotatable bonds is 4. The second kappa shape index (κ2) is 8.23. The number of carbonyl (C=O) groups is 1. The first-order chi connectivity index (χ1) is 14.0. The lowest BCUT2D eigenvalue weighted by molar-refractivity contribution is 0.102. The highest BCUT2D eigenvalue weighted by molar-refractivity contribution is 6.33. The van der Waals surface area contributed by atoms with Gasteiger partial charge in [-0.3, -0.25) is 4.79 Å². The zero-order chi connectivity index (χ0) is 20.4. The van der Waals surface area contributed by atoms with Crippen LogP contribution in [0.25, 0.3) is 5.69 Å². The Morgan fingerprint density at radius 2 is 1.90 bits per heavy atom. The van der Waals surface area contributed by atoms with Gasteiger partial charge in [0, 0.05) is 18.8 Å².